The number of halogens is 1. The summed E-state index contributed by atoms with van der Waals surface area (Å²) in [7, 11) is 3.46. The van der Waals surface area contributed by atoms with Crippen LogP contribution in [0, 0.1) is 19.7 Å². The number of benzene rings is 1. The molecule has 43 heavy (non-hydrogen) atoms. The molecule has 4 aromatic heterocycles. The molecule has 1 saturated heterocycles. The lowest BCUT2D eigenvalue weighted by molar-refractivity contribution is -0.117. The molecule has 4 N–H and O–H groups in total. The molecule has 0 spiro atoms. The van der Waals surface area contributed by atoms with Crippen LogP contribution in [0.25, 0.3) is 22.2 Å². The Morgan fingerprint density at radius 3 is 2.86 bits per heavy atom. The molecule has 1 amide bonds. The quantitative estimate of drug-likeness (QED) is 0.201. The Balaban J connectivity index is 1.13. The topological polar surface area (TPSA) is 151 Å². The number of aryl methyl sites for hydroxylation is 3. The van der Waals surface area contributed by atoms with Gasteiger partial charge in [-0.15, -0.1) is 0 Å². The number of aromatic nitrogens is 7. The van der Waals surface area contributed by atoms with Gasteiger partial charge < -0.3 is 25.7 Å². The SMILES string of the molecule is CNc1nc(O[C@H]2CCN(CC(=O)Nc3cccc4c(-c5nc(Nc6cc(C)n(C)n6)ncc5C)c[nH]c34)C2)ncc1F. The molecule has 13 nitrogen and oxygen atoms in total. The van der Waals surface area contributed by atoms with Crippen LogP contribution in [0.4, 0.5) is 27.7 Å². The molecule has 1 aliphatic heterocycles. The molecule has 1 aromatic carbocycles. The molecular formula is C29H32FN11O2. The number of carbonyl (C=O) groups is 1. The minimum Gasteiger partial charge on any atom is -0.459 e. The molecule has 14 heteroatoms. The normalized spacial score (nSPS) is 15.1. The van der Waals surface area contributed by atoms with Crippen LogP contribution in [0.5, 0.6) is 6.01 Å². The number of para-hydroxylation sites is 1. The van der Waals surface area contributed by atoms with E-state index >= 15 is 0 Å². The maximum Gasteiger partial charge on any atom is 0.318 e. The highest BCUT2D eigenvalue weighted by Crippen LogP contribution is 2.33. The second-order valence-electron chi connectivity index (χ2n) is 10.5. The van der Waals surface area contributed by atoms with Gasteiger partial charge in [-0.2, -0.15) is 10.1 Å². The molecule has 1 aliphatic rings. The van der Waals surface area contributed by atoms with Crippen molar-refractivity contribution in [1.29, 1.82) is 0 Å². The highest BCUT2D eigenvalue weighted by molar-refractivity contribution is 6.06. The lowest BCUT2D eigenvalue weighted by Gasteiger charge is -2.16. The van der Waals surface area contributed by atoms with Crippen LogP contribution in [-0.2, 0) is 11.8 Å². The Kier molecular flexibility index (Phi) is 7.59. The fourth-order valence-electron chi connectivity index (χ4n) is 5.13. The molecular weight excluding hydrogens is 553 g/mol. The van der Waals surface area contributed by atoms with Crippen molar-refractivity contribution in [3.63, 3.8) is 0 Å². The molecule has 5 heterocycles. The van der Waals surface area contributed by atoms with Gasteiger partial charge in [-0.1, -0.05) is 12.1 Å². The van der Waals surface area contributed by atoms with E-state index in [0.717, 1.165) is 39.6 Å². The molecule has 0 radical (unpaired) electrons. The van der Waals surface area contributed by atoms with Crippen molar-refractivity contribution in [3.05, 3.63) is 59.9 Å². The van der Waals surface area contributed by atoms with Gasteiger partial charge in [0.1, 0.15) is 6.10 Å². The lowest BCUT2D eigenvalue weighted by atomic mass is 10.1. The summed E-state index contributed by atoms with van der Waals surface area (Å²) < 4.78 is 21.3. The molecule has 222 valence electrons. The van der Waals surface area contributed by atoms with E-state index in [9.17, 15) is 9.18 Å². The second-order valence-corrected chi connectivity index (χ2v) is 10.5. The fraction of sp³-hybridized carbons (Fsp3) is 0.310. The van der Waals surface area contributed by atoms with E-state index in [1.807, 2.05) is 56.3 Å². The van der Waals surface area contributed by atoms with Crippen molar-refractivity contribution in [2.75, 3.05) is 42.6 Å². The summed E-state index contributed by atoms with van der Waals surface area (Å²) in [5.74, 6) is 0.496. The summed E-state index contributed by atoms with van der Waals surface area (Å²) in [4.78, 5) is 35.5. The first-order valence-electron chi connectivity index (χ1n) is 13.9. The van der Waals surface area contributed by atoms with E-state index < -0.39 is 5.82 Å². The van der Waals surface area contributed by atoms with E-state index in [4.69, 9.17) is 9.72 Å². The van der Waals surface area contributed by atoms with Gasteiger partial charge in [-0.25, -0.2) is 19.3 Å². The molecule has 0 bridgehead atoms. The summed E-state index contributed by atoms with van der Waals surface area (Å²) in [6.45, 7) is 5.34. The van der Waals surface area contributed by atoms with Gasteiger partial charge >= 0.3 is 6.01 Å². The van der Waals surface area contributed by atoms with Crippen LogP contribution in [0.15, 0.2) is 42.9 Å². The maximum atomic E-state index is 13.7. The Hall–Kier alpha value is -5.11. The molecule has 0 saturated carbocycles. The van der Waals surface area contributed by atoms with Crippen LogP contribution in [0.3, 0.4) is 0 Å². The number of fused-ring (bicyclic) bond motifs is 1. The van der Waals surface area contributed by atoms with Crippen molar-refractivity contribution in [3.8, 4) is 17.3 Å². The van der Waals surface area contributed by atoms with Crippen molar-refractivity contribution >= 4 is 40.1 Å². The largest absolute Gasteiger partial charge is 0.459 e. The van der Waals surface area contributed by atoms with Crippen LogP contribution in [-0.4, -0.2) is 78.3 Å². The Labute approximate surface area is 246 Å². The first-order valence-corrected chi connectivity index (χ1v) is 13.9. The number of carbonyl (C=O) groups excluding carboxylic acids is 1. The van der Waals surface area contributed by atoms with E-state index in [0.29, 0.717) is 37.0 Å². The van der Waals surface area contributed by atoms with Crippen LogP contribution < -0.4 is 20.7 Å². The standard InChI is InChI=1S/C29H32FN11O2/c1-16-11-33-28(36-23-10-17(2)40(4)39-23)37-25(16)20-12-32-26-19(20)6-5-7-22(26)35-24(42)15-41-9-8-18(14-41)43-29-34-13-21(30)27(31-3)38-29/h5-7,10-13,18,32H,8-9,14-15H2,1-4H3,(H,35,42)(H,31,34,38)(H,33,36,37,39)/t18-/m0/s1. The molecule has 0 unspecified atom stereocenters. The first kappa shape index (κ1) is 28.0. The summed E-state index contributed by atoms with van der Waals surface area (Å²) in [5, 5.41) is 14.3. The number of aromatic amines is 1. The minimum atomic E-state index is -0.548. The van der Waals surface area contributed by atoms with E-state index in [1.165, 1.54) is 0 Å². The highest BCUT2D eigenvalue weighted by Gasteiger charge is 2.27. The molecule has 5 aromatic rings. The third-order valence-electron chi connectivity index (χ3n) is 7.40. The number of hydrogen-bond donors (Lipinski definition) is 4. The Morgan fingerprint density at radius 2 is 2.07 bits per heavy atom. The number of amides is 1. The first-order chi connectivity index (χ1) is 20.8. The average molecular weight is 586 g/mol. The van der Waals surface area contributed by atoms with Crippen molar-refractivity contribution in [1.82, 2.24) is 39.6 Å². The summed E-state index contributed by atoms with van der Waals surface area (Å²) >= 11 is 0. The number of nitrogens with zero attached hydrogens (tertiary/aromatic N) is 7. The number of anilines is 4. The highest BCUT2D eigenvalue weighted by atomic mass is 19.1. The predicted molar refractivity (Wildman–Crippen MR) is 161 cm³/mol. The number of ether oxygens (including phenoxy) is 1. The maximum absolute atomic E-state index is 13.7. The number of nitrogens with one attached hydrogen (secondary N) is 4. The van der Waals surface area contributed by atoms with Gasteiger partial charge in [0.15, 0.2) is 17.5 Å². The minimum absolute atomic E-state index is 0.0763. The molecule has 1 fully saturated rings. The zero-order valence-corrected chi connectivity index (χ0v) is 24.3. The zero-order valence-electron chi connectivity index (χ0n) is 24.3. The van der Waals surface area contributed by atoms with Crippen LogP contribution in [0.1, 0.15) is 17.7 Å². The average Bonchev–Trinajstić information content (AvgIpc) is 3.70. The zero-order chi connectivity index (χ0) is 30.1. The smallest absolute Gasteiger partial charge is 0.318 e. The summed E-state index contributed by atoms with van der Waals surface area (Å²) in [6, 6.07) is 7.80. The second kappa shape index (κ2) is 11.6. The summed E-state index contributed by atoms with van der Waals surface area (Å²) in [6.07, 6.45) is 5.25. The molecule has 0 aliphatic carbocycles. The third kappa shape index (κ3) is 5.95. The van der Waals surface area contributed by atoms with Crippen molar-refractivity contribution in [2.45, 2.75) is 26.4 Å². The Morgan fingerprint density at radius 1 is 1.21 bits per heavy atom. The van der Waals surface area contributed by atoms with E-state index in [2.05, 4.69) is 41.0 Å². The van der Waals surface area contributed by atoms with E-state index in [-0.39, 0.29) is 30.4 Å². The fourth-order valence-corrected chi connectivity index (χ4v) is 5.13. The lowest BCUT2D eigenvalue weighted by Crippen LogP contribution is -2.33. The van der Waals surface area contributed by atoms with Crippen molar-refractivity contribution < 1.29 is 13.9 Å². The number of likely N-dealkylation sites (tertiary alicyclic amines) is 1. The van der Waals surface area contributed by atoms with Crippen molar-refractivity contribution in [2.24, 2.45) is 7.05 Å². The third-order valence-corrected chi connectivity index (χ3v) is 7.40. The summed E-state index contributed by atoms with van der Waals surface area (Å²) in [5.41, 5.74) is 5.08. The van der Waals surface area contributed by atoms with Crippen LogP contribution >= 0.6 is 0 Å². The molecule has 6 rings (SSSR count). The van der Waals surface area contributed by atoms with Gasteiger partial charge in [0.05, 0.1) is 29.6 Å². The molecule has 1 atom stereocenters. The number of rotatable bonds is 9. The van der Waals surface area contributed by atoms with Gasteiger partial charge in [-0.3, -0.25) is 14.4 Å². The van der Waals surface area contributed by atoms with Gasteiger partial charge in [-0.05, 0) is 31.9 Å². The monoisotopic (exact) mass is 585 g/mol. The van der Waals surface area contributed by atoms with Gasteiger partial charge in [0, 0.05) is 62.3 Å². The van der Waals surface area contributed by atoms with Crippen LogP contribution in [0.2, 0.25) is 0 Å². The van der Waals surface area contributed by atoms with Gasteiger partial charge in [0.2, 0.25) is 11.9 Å². The Bertz CT molecular complexity index is 1780. The number of H-pyrrole nitrogens is 1. The van der Waals surface area contributed by atoms with E-state index in [1.54, 1.807) is 17.9 Å². The van der Waals surface area contributed by atoms with Gasteiger partial charge in [0.25, 0.3) is 0 Å². The number of hydrogen-bond acceptors (Lipinski definition) is 10. The predicted octanol–water partition coefficient (Wildman–Crippen LogP) is 3.78.